The van der Waals surface area contributed by atoms with Gasteiger partial charge >= 0.3 is 0 Å². The van der Waals surface area contributed by atoms with Crippen molar-refractivity contribution < 1.29 is 0 Å². The van der Waals surface area contributed by atoms with Crippen LogP contribution in [0.1, 0.15) is 39.5 Å². The van der Waals surface area contributed by atoms with Gasteiger partial charge in [-0.05, 0) is 45.1 Å². The lowest BCUT2D eigenvalue weighted by Crippen LogP contribution is -2.37. The number of nitrogens with zero attached hydrogens (tertiary/aromatic N) is 1. The molecule has 74 valence electrons. The molecule has 1 aliphatic heterocycles. The van der Waals surface area contributed by atoms with Gasteiger partial charge in [0.2, 0.25) is 0 Å². The van der Waals surface area contributed by atoms with E-state index in [0.29, 0.717) is 6.04 Å². The molecule has 1 aliphatic carbocycles. The zero-order valence-corrected chi connectivity index (χ0v) is 8.97. The summed E-state index contributed by atoms with van der Waals surface area (Å²) in [6.07, 6.45) is 5.86. The largest absolute Gasteiger partial charge is 0.296 e. The maximum Gasteiger partial charge on any atom is 0.0274 e. The molecule has 0 radical (unpaired) electrons. The molecule has 1 heterocycles. The summed E-state index contributed by atoms with van der Waals surface area (Å²) in [6.45, 7) is 11.1. The zero-order chi connectivity index (χ0) is 9.47. The molecule has 0 amide bonds. The molecule has 0 aromatic rings. The molecule has 2 fully saturated rings. The van der Waals surface area contributed by atoms with Crippen molar-refractivity contribution in [3.8, 4) is 0 Å². The molecular weight excluding hydrogens is 158 g/mol. The summed E-state index contributed by atoms with van der Waals surface area (Å²) in [7, 11) is 0. The van der Waals surface area contributed by atoms with Gasteiger partial charge in [-0.1, -0.05) is 18.6 Å². The Hall–Kier alpha value is -0.300. The van der Waals surface area contributed by atoms with E-state index in [1.807, 2.05) is 0 Å². The average molecular weight is 179 g/mol. The summed E-state index contributed by atoms with van der Waals surface area (Å²) in [5.41, 5.74) is 2.06. The van der Waals surface area contributed by atoms with Gasteiger partial charge in [-0.2, -0.15) is 0 Å². The molecule has 0 bridgehead atoms. The van der Waals surface area contributed by atoms with E-state index in [2.05, 4.69) is 25.3 Å². The Bertz CT molecular complexity index is 215. The predicted molar refractivity (Wildman–Crippen MR) is 56.8 cm³/mol. The molecular formula is C12H21N. The standard InChI is InChI=1S/C12H21N/c1-10(2)11(3)13-8-7-12(9-13)5-4-6-12/h11H,1,4-9H2,2-3H3/t11-/m1/s1. The Labute approximate surface area is 81.8 Å². The first kappa shape index (κ1) is 9.26. The molecule has 1 atom stereocenters. The first-order valence-electron chi connectivity index (χ1n) is 5.52. The monoisotopic (exact) mass is 179 g/mol. The second-order valence-electron chi connectivity index (χ2n) is 5.10. The minimum atomic E-state index is 0.597. The van der Waals surface area contributed by atoms with E-state index in [1.165, 1.54) is 44.3 Å². The third-order valence-corrected chi connectivity index (χ3v) is 4.14. The third kappa shape index (κ3) is 1.54. The van der Waals surface area contributed by atoms with Gasteiger partial charge in [0.05, 0.1) is 0 Å². The van der Waals surface area contributed by atoms with Gasteiger partial charge in [0.15, 0.2) is 0 Å². The van der Waals surface area contributed by atoms with E-state index >= 15 is 0 Å². The second kappa shape index (κ2) is 3.13. The van der Waals surface area contributed by atoms with Gasteiger partial charge in [-0.15, -0.1) is 0 Å². The van der Waals surface area contributed by atoms with Crippen LogP contribution in [-0.4, -0.2) is 24.0 Å². The zero-order valence-electron chi connectivity index (χ0n) is 8.97. The summed E-state index contributed by atoms with van der Waals surface area (Å²) < 4.78 is 0. The Morgan fingerprint density at radius 1 is 1.38 bits per heavy atom. The molecule has 2 aliphatic rings. The smallest absolute Gasteiger partial charge is 0.0274 e. The van der Waals surface area contributed by atoms with Crippen molar-refractivity contribution in [3.63, 3.8) is 0 Å². The van der Waals surface area contributed by atoms with Crippen LogP contribution in [0.5, 0.6) is 0 Å². The van der Waals surface area contributed by atoms with Gasteiger partial charge in [-0.25, -0.2) is 0 Å². The van der Waals surface area contributed by atoms with Gasteiger partial charge in [0, 0.05) is 12.6 Å². The average Bonchev–Trinajstić information content (AvgIpc) is 2.45. The normalized spacial score (nSPS) is 28.8. The third-order valence-electron chi connectivity index (χ3n) is 4.14. The van der Waals surface area contributed by atoms with Crippen molar-refractivity contribution in [2.75, 3.05) is 13.1 Å². The SMILES string of the molecule is C=C(C)[C@@H](C)N1CCC2(CCC2)C1. The molecule has 1 nitrogen and oxygen atoms in total. The Kier molecular flexibility index (Phi) is 2.23. The lowest BCUT2D eigenvalue weighted by molar-refractivity contribution is 0.132. The molecule has 1 heteroatoms. The first-order chi connectivity index (χ1) is 6.13. The van der Waals surface area contributed by atoms with Crippen molar-refractivity contribution in [1.29, 1.82) is 0 Å². The highest BCUT2D eigenvalue weighted by Crippen LogP contribution is 2.48. The fraction of sp³-hybridized carbons (Fsp3) is 0.833. The molecule has 2 rings (SSSR count). The van der Waals surface area contributed by atoms with Crippen LogP contribution in [0.15, 0.2) is 12.2 Å². The fourth-order valence-corrected chi connectivity index (χ4v) is 2.70. The van der Waals surface area contributed by atoms with Crippen molar-refractivity contribution in [2.45, 2.75) is 45.6 Å². The van der Waals surface area contributed by atoms with Crippen LogP contribution in [0.25, 0.3) is 0 Å². The maximum atomic E-state index is 4.05. The number of hydrogen-bond donors (Lipinski definition) is 0. The van der Waals surface area contributed by atoms with E-state index in [1.54, 1.807) is 0 Å². The van der Waals surface area contributed by atoms with Crippen LogP contribution in [0, 0.1) is 5.41 Å². The van der Waals surface area contributed by atoms with Crippen LogP contribution >= 0.6 is 0 Å². The lowest BCUT2D eigenvalue weighted by Gasteiger charge is -2.39. The number of rotatable bonds is 2. The summed E-state index contributed by atoms with van der Waals surface area (Å²) in [6, 6.07) is 0.597. The van der Waals surface area contributed by atoms with E-state index in [9.17, 15) is 0 Å². The van der Waals surface area contributed by atoms with Crippen molar-refractivity contribution in [3.05, 3.63) is 12.2 Å². The van der Waals surface area contributed by atoms with Crippen LogP contribution in [0.3, 0.4) is 0 Å². The Morgan fingerprint density at radius 2 is 2.08 bits per heavy atom. The molecule has 0 aromatic heterocycles. The van der Waals surface area contributed by atoms with Gasteiger partial charge < -0.3 is 0 Å². The first-order valence-corrected chi connectivity index (χ1v) is 5.52. The van der Waals surface area contributed by atoms with Crippen molar-refractivity contribution in [2.24, 2.45) is 5.41 Å². The topological polar surface area (TPSA) is 3.24 Å². The molecule has 1 saturated heterocycles. The van der Waals surface area contributed by atoms with Crippen LogP contribution in [0.4, 0.5) is 0 Å². The van der Waals surface area contributed by atoms with Gasteiger partial charge in [-0.3, -0.25) is 4.90 Å². The number of hydrogen-bond acceptors (Lipinski definition) is 1. The van der Waals surface area contributed by atoms with Crippen molar-refractivity contribution >= 4 is 0 Å². The summed E-state index contributed by atoms with van der Waals surface area (Å²) in [5.74, 6) is 0. The van der Waals surface area contributed by atoms with E-state index in [4.69, 9.17) is 0 Å². The molecule has 1 saturated carbocycles. The summed E-state index contributed by atoms with van der Waals surface area (Å²) in [4.78, 5) is 2.61. The molecule has 0 unspecified atom stereocenters. The molecule has 0 N–H and O–H groups in total. The second-order valence-corrected chi connectivity index (χ2v) is 5.10. The Balaban J connectivity index is 1.94. The summed E-state index contributed by atoms with van der Waals surface area (Å²) >= 11 is 0. The van der Waals surface area contributed by atoms with Crippen LogP contribution < -0.4 is 0 Å². The highest BCUT2D eigenvalue weighted by atomic mass is 15.2. The molecule has 1 spiro atoms. The van der Waals surface area contributed by atoms with Crippen LogP contribution in [0.2, 0.25) is 0 Å². The Morgan fingerprint density at radius 3 is 2.46 bits per heavy atom. The predicted octanol–water partition coefficient (Wildman–Crippen LogP) is 2.83. The summed E-state index contributed by atoms with van der Waals surface area (Å²) in [5, 5.41) is 0. The maximum absolute atomic E-state index is 4.05. The number of likely N-dealkylation sites (tertiary alicyclic amines) is 1. The van der Waals surface area contributed by atoms with E-state index < -0.39 is 0 Å². The molecule has 0 aromatic carbocycles. The minimum absolute atomic E-state index is 0.597. The van der Waals surface area contributed by atoms with Gasteiger partial charge in [0.1, 0.15) is 0 Å². The quantitative estimate of drug-likeness (QED) is 0.589. The van der Waals surface area contributed by atoms with E-state index in [0.717, 1.165) is 5.41 Å². The fourth-order valence-electron chi connectivity index (χ4n) is 2.70. The minimum Gasteiger partial charge on any atom is -0.296 e. The lowest BCUT2D eigenvalue weighted by atomic mass is 9.68. The molecule has 13 heavy (non-hydrogen) atoms. The van der Waals surface area contributed by atoms with Crippen LogP contribution in [-0.2, 0) is 0 Å². The van der Waals surface area contributed by atoms with Crippen molar-refractivity contribution in [1.82, 2.24) is 4.90 Å². The highest BCUT2D eigenvalue weighted by Gasteiger charge is 2.43. The highest BCUT2D eigenvalue weighted by molar-refractivity contribution is 5.05. The van der Waals surface area contributed by atoms with E-state index in [-0.39, 0.29) is 0 Å². The van der Waals surface area contributed by atoms with Gasteiger partial charge in [0.25, 0.3) is 0 Å².